The molecule has 5 heterocycles. The fourth-order valence-corrected chi connectivity index (χ4v) is 7.13. The Bertz CT molecular complexity index is 1790. The Kier molecular flexibility index (Phi) is 6.66. The van der Waals surface area contributed by atoms with E-state index in [0.29, 0.717) is 66.0 Å². The number of aromatic nitrogens is 5. The minimum absolute atomic E-state index is 0.0779. The van der Waals surface area contributed by atoms with Crippen LogP contribution in [0.2, 0.25) is 5.02 Å². The average Bonchev–Trinajstić information content (AvgIpc) is 3.68. The third kappa shape index (κ3) is 4.25. The Morgan fingerprint density at radius 1 is 1.19 bits per heavy atom. The van der Waals surface area contributed by atoms with E-state index < -0.39 is 0 Å². The molecule has 42 heavy (non-hydrogen) atoms. The number of hydrogen-bond acceptors (Lipinski definition) is 8. The number of fused-ring (bicyclic) bond motifs is 1. The van der Waals surface area contributed by atoms with Crippen molar-refractivity contribution in [3.63, 3.8) is 0 Å². The van der Waals surface area contributed by atoms with Gasteiger partial charge in [0, 0.05) is 48.7 Å². The maximum absolute atomic E-state index is 14.0. The molecule has 2 aromatic heterocycles. The second-order valence-electron chi connectivity index (χ2n) is 11.5. The van der Waals surface area contributed by atoms with Gasteiger partial charge in [0.2, 0.25) is 5.91 Å². The molecule has 0 aliphatic carbocycles. The number of anilines is 1. The Balaban J connectivity index is 1.45. The first-order valence-corrected chi connectivity index (χ1v) is 14.9. The molecule has 0 spiro atoms. The van der Waals surface area contributed by atoms with Gasteiger partial charge in [-0.25, -0.2) is 4.79 Å². The van der Waals surface area contributed by atoms with Crippen LogP contribution in [-0.2, 0) is 4.79 Å². The maximum atomic E-state index is 14.0. The monoisotopic (exact) mass is 588 g/mol. The summed E-state index contributed by atoms with van der Waals surface area (Å²) < 4.78 is 8.43. The summed E-state index contributed by atoms with van der Waals surface area (Å²) in [6.07, 6.45) is 3.65. The molecule has 1 unspecified atom stereocenters. The number of rotatable bonds is 5. The number of H-pyrrole nitrogens is 1. The van der Waals surface area contributed by atoms with Crippen LogP contribution in [0.5, 0.6) is 5.75 Å². The van der Waals surface area contributed by atoms with Crippen LogP contribution in [0.3, 0.4) is 0 Å². The summed E-state index contributed by atoms with van der Waals surface area (Å²) >= 11 is 7.14. The highest BCUT2D eigenvalue weighted by molar-refractivity contribution is 6.35. The molecule has 3 aliphatic heterocycles. The Morgan fingerprint density at radius 2 is 2.00 bits per heavy atom. The number of carbonyl (C=O) groups is 1. The van der Waals surface area contributed by atoms with Crippen LogP contribution in [0.15, 0.2) is 35.6 Å². The quantitative estimate of drug-likeness (QED) is 0.352. The summed E-state index contributed by atoms with van der Waals surface area (Å²) in [5, 5.41) is 12.7. The Hall–Kier alpha value is -3.96. The molecular formula is C30H33ClN8O3. The standard InChI is InChI=1S/C30H33ClN8O3/c1-4-23(40)37-11-12-38(18(3)14-37)29-20-13-21(31)25(24-17(2)7-8-22-26(24)34-35-33-22)28-27(20)39(30(41)32-29)19(16-42-28)15-36-9-5-6-10-36/h4,7-8,13,18-19H,1,5-6,9-12,14-16H2,2-3H3,(H,33,34,35)/t18-,19?/m0/s1. The number of benzene rings is 2. The highest BCUT2D eigenvalue weighted by Crippen LogP contribution is 2.48. The van der Waals surface area contributed by atoms with Gasteiger partial charge in [-0.05, 0) is 63.6 Å². The molecule has 3 aliphatic rings. The second kappa shape index (κ2) is 10.4. The van der Waals surface area contributed by atoms with Gasteiger partial charge in [0.15, 0.2) is 5.75 Å². The third-order valence-corrected chi connectivity index (χ3v) is 9.18. The number of amides is 1. The Labute approximate surface area is 247 Å². The van der Waals surface area contributed by atoms with Crippen LogP contribution in [0.4, 0.5) is 5.82 Å². The lowest BCUT2D eigenvalue weighted by Gasteiger charge is -2.41. The van der Waals surface area contributed by atoms with Crippen LogP contribution in [0, 0.1) is 6.92 Å². The lowest BCUT2D eigenvalue weighted by Crippen LogP contribution is -2.54. The summed E-state index contributed by atoms with van der Waals surface area (Å²) in [7, 11) is 0. The van der Waals surface area contributed by atoms with Crippen molar-refractivity contribution in [1.29, 1.82) is 0 Å². The molecular weight excluding hydrogens is 556 g/mol. The first-order valence-electron chi connectivity index (χ1n) is 14.5. The molecule has 1 amide bonds. The number of piperazine rings is 1. The van der Waals surface area contributed by atoms with Gasteiger partial charge in [0.25, 0.3) is 0 Å². The molecule has 0 saturated carbocycles. The van der Waals surface area contributed by atoms with E-state index in [2.05, 4.69) is 36.8 Å². The van der Waals surface area contributed by atoms with Crippen molar-refractivity contribution in [1.82, 2.24) is 34.8 Å². The van der Waals surface area contributed by atoms with Crippen molar-refractivity contribution < 1.29 is 9.53 Å². The zero-order valence-corrected chi connectivity index (χ0v) is 24.5. The highest BCUT2D eigenvalue weighted by Gasteiger charge is 2.35. The van der Waals surface area contributed by atoms with E-state index in [0.717, 1.165) is 48.0 Å². The first-order chi connectivity index (χ1) is 20.4. The summed E-state index contributed by atoms with van der Waals surface area (Å²) in [5.41, 5.74) is 4.27. The fraction of sp³-hybridized carbons (Fsp3) is 0.433. The molecule has 11 nitrogen and oxygen atoms in total. The van der Waals surface area contributed by atoms with Gasteiger partial charge < -0.3 is 19.4 Å². The van der Waals surface area contributed by atoms with Crippen molar-refractivity contribution in [3.05, 3.63) is 51.9 Å². The molecule has 218 valence electrons. The highest BCUT2D eigenvalue weighted by atomic mass is 35.5. The summed E-state index contributed by atoms with van der Waals surface area (Å²) in [4.78, 5) is 37.3. The largest absolute Gasteiger partial charge is 0.488 e. The number of likely N-dealkylation sites (tertiary alicyclic amines) is 1. The van der Waals surface area contributed by atoms with Gasteiger partial charge in [-0.15, -0.1) is 0 Å². The van der Waals surface area contributed by atoms with E-state index in [1.54, 1.807) is 4.90 Å². The number of carbonyl (C=O) groups excluding carboxylic acids is 1. The number of ether oxygens (including phenoxy) is 1. The molecule has 0 radical (unpaired) electrons. The van der Waals surface area contributed by atoms with Crippen LogP contribution < -0.4 is 15.3 Å². The molecule has 12 heteroatoms. The van der Waals surface area contributed by atoms with Crippen LogP contribution in [0.25, 0.3) is 33.1 Å². The van der Waals surface area contributed by atoms with Crippen molar-refractivity contribution in [3.8, 4) is 16.9 Å². The molecule has 1 N–H and O–H groups in total. The molecule has 2 aromatic carbocycles. The van der Waals surface area contributed by atoms with E-state index in [-0.39, 0.29) is 23.7 Å². The zero-order chi connectivity index (χ0) is 29.1. The molecule has 2 saturated heterocycles. The summed E-state index contributed by atoms with van der Waals surface area (Å²) in [6, 6.07) is 5.54. The molecule has 0 bridgehead atoms. The van der Waals surface area contributed by atoms with Crippen molar-refractivity contribution in [2.75, 3.05) is 50.8 Å². The third-order valence-electron chi connectivity index (χ3n) is 8.88. The number of hydrogen-bond donors (Lipinski definition) is 1. The minimum atomic E-state index is -0.312. The lowest BCUT2D eigenvalue weighted by molar-refractivity contribution is -0.126. The first kappa shape index (κ1) is 26.9. The van der Waals surface area contributed by atoms with Crippen molar-refractivity contribution >= 4 is 45.3 Å². The van der Waals surface area contributed by atoms with Gasteiger partial charge in [-0.1, -0.05) is 24.2 Å². The number of halogens is 1. The second-order valence-corrected chi connectivity index (χ2v) is 11.9. The van der Waals surface area contributed by atoms with Crippen molar-refractivity contribution in [2.45, 2.75) is 38.8 Å². The van der Waals surface area contributed by atoms with E-state index in [9.17, 15) is 9.59 Å². The molecule has 4 aromatic rings. The smallest absolute Gasteiger partial charge is 0.350 e. The van der Waals surface area contributed by atoms with E-state index in [1.807, 2.05) is 36.6 Å². The van der Waals surface area contributed by atoms with Gasteiger partial charge in [-0.2, -0.15) is 20.4 Å². The molecule has 2 atom stereocenters. The number of nitrogens with zero attached hydrogens (tertiary/aromatic N) is 7. The topological polar surface area (TPSA) is 112 Å². The SMILES string of the molecule is C=CC(=O)N1CCN(c2nc(=O)n3c4c(c(-c5c(C)ccc6n[nH]nc56)c(Cl)cc24)OCC3CN2CCCC2)[C@@H](C)C1. The van der Waals surface area contributed by atoms with Gasteiger partial charge >= 0.3 is 5.69 Å². The fourth-order valence-electron chi connectivity index (χ4n) is 6.84. The van der Waals surface area contributed by atoms with Crippen molar-refractivity contribution in [2.24, 2.45) is 0 Å². The van der Waals surface area contributed by atoms with Crippen LogP contribution in [-0.4, -0.2) is 92.6 Å². The van der Waals surface area contributed by atoms with Crippen LogP contribution in [0.1, 0.15) is 31.4 Å². The predicted octanol–water partition coefficient (Wildman–Crippen LogP) is 3.55. The minimum Gasteiger partial charge on any atom is -0.488 e. The van der Waals surface area contributed by atoms with E-state index in [1.165, 1.54) is 6.08 Å². The number of aromatic amines is 1. The Morgan fingerprint density at radius 3 is 2.76 bits per heavy atom. The molecule has 7 rings (SSSR count). The number of nitrogens with one attached hydrogen (secondary N) is 1. The summed E-state index contributed by atoms with van der Waals surface area (Å²) in [5.74, 6) is 1.01. The average molecular weight is 589 g/mol. The normalized spacial score (nSPS) is 20.8. The molecule has 2 fully saturated rings. The predicted molar refractivity (Wildman–Crippen MR) is 162 cm³/mol. The van der Waals surface area contributed by atoms with Gasteiger partial charge in [0.05, 0.1) is 16.6 Å². The van der Waals surface area contributed by atoms with Crippen LogP contribution >= 0.6 is 11.6 Å². The maximum Gasteiger partial charge on any atom is 0.350 e. The van der Waals surface area contributed by atoms with Gasteiger partial charge in [0.1, 0.15) is 23.5 Å². The van der Waals surface area contributed by atoms with E-state index >= 15 is 0 Å². The zero-order valence-electron chi connectivity index (χ0n) is 23.8. The lowest BCUT2D eigenvalue weighted by atomic mass is 9.95. The number of aryl methyl sites for hydroxylation is 1. The summed E-state index contributed by atoms with van der Waals surface area (Å²) in [6.45, 7) is 12.3. The van der Waals surface area contributed by atoms with E-state index in [4.69, 9.17) is 16.3 Å². The van der Waals surface area contributed by atoms with Gasteiger partial charge in [-0.3, -0.25) is 9.36 Å².